The number of halogens is 2. The van der Waals surface area contributed by atoms with Gasteiger partial charge in [-0.2, -0.15) is 0 Å². The summed E-state index contributed by atoms with van der Waals surface area (Å²) in [6.45, 7) is 3.06. The van der Waals surface area contributed by atoms with Gasteiger partial charge in [-0.1, -0.05) is 0 Å². The van der Waals surface area contributed by atoms with Crippen LogP contribution < -0.4 is 4.74 Å². The van der Waals surface area contributed by atoms with Crippen molar-refractivity contribution in [1.29, 1.82) is 0 Å². The Morgan fingerprint density at radius 2 is 1.93 bits per heavy atom. The molecule has 0 saturated carbocycles. The van der Waals surface area contributed by atoms with E-state index < -0.39 is 12.0 Å². The Morgan fingerprint density at radius 1 is 1.33 bits per heavy atom. The minimum Gasteiger partial charge on any atom is -0.496 e. The van der Waals surface area contributed by atoms with Crippen LogP contribution in [0.3, 0.4) is 0 Å². The third-order valence-electron chi connectivity index (χ3n) is 2.13. The lowest BCUT2D eigenvalue weighted by Gasteiger charge is -2.21. The predicted molar refractivity (Wildman–Crippen MR) is 53.2 cm³/mol. The van der Waals surface area contributed by atoms with Crippen molar-refractivity contribution in [2.24, 2.45) is 0 Å². The third-order valence-corrected chi connectivity index (χ3v) is 2.13. The molecule has 0 saturated heterocycles. The summed E-state index contributed by atoms with van der Waals surface area (Å²) < 4.78 is 29.9. The maximum Gasteiger partial charge on any atom is 0.263 e. The highest BCUT2D eigenvalue weighted by molar-refractivity contribution is 5.40. The van der Waals surface area contributed by atoms with E-state index in [2.05, 4.69) is 0 Å². The summed E-state index contributed by atoms with van der Waals surface area (Å²) in [6, 6.07) is 4.00. The maximum atomic E-state index is 12.4. The molecule has 0 heterocycles. The van der Waals surface area contributed by atoms with Crippen LogP contribution >= 0.6 is 0 Å². The van der Waals surface area contributed by atoms with Gasteiger partial charge in [0, 0.05) is 11.1 Å². The highest BCUT2D eigenvalue weighted by Gasteiger charge is 2.22. The van der Waals surface area contributed by atoms with Crippen molar-refractivity contribution >= 4 is 0 Å². The summed E-state index contributed by atoms with van der Waals surface area (Å²) in [7, 11) is 1.44. The van der Waals surface area contributed by atoms with Crippen LogP contribution in [0.25, 0.3) is 0 Å². The Morgan fingerprint density at radius 3 is 2.33 bits per heavy atom. The van der Waals surface area contributed by atoms with Gasteiger partial charge in [-0.15, -0.1) is 0 Å². The molecule has 0 aliphatic carbocycles. The first-order valence-electron chi connectivity index (χ1n) is 4.55. The van der Waals surface area contributed by atoms with Crippen molar-refractivity contribution in [3.63, 3.8) is 0 Å². The molecule has 1 N–H and O–H groups in total. The first-order chi connectivity index (χ1) is 6.86. The molecule has 2 nitrogen and oxygen atoms in total. The molecule has 0 aromatic heterocycles. The molecule has 0 amide bonds. The minimum absolute atomic E-state index is 0.118. The molecule has 0 radical (unpaired) electrons. The van der Waals surface area contributed by atoms with E-state index in [1.54, 1.807) is 0 Å². The average Bonchev–Trinajstić information content (AvgIpc) is 2.15. The topological polar surface area (TPSA) is 29.5 Å². The van der Waals surface area contributed by atoms with Crippen molar-refractivity contribution in [1.82, 2.24) is 0 Å². The van der Waals surface area contributed by atoms with Gasteiger partial charge in [0.1, 0.15) is 5.75 Å². The van der Waals surface area contributed by atoms with Crippen LogP contribution in [-0.2, 0) is 5.60 Å². The summed E-state index contributed by atoms with van der Waals surface area (Å²) in [5.74, 6) is 0.409. The van der Waals surface area contributed by atoms with Crippen molar-refractivity contribution in [3.05, 3.63) is 29.3 Å². The number of rotatable bonds is 3. The first kappa shape index (κ1) is 11.9. The van der Waals surface area contributed by atoms with Gasteiger partial charge in [0.05, 0.1) is 12.7 Å². The number of hydrogen-bond donors (Lipinski definition) is 1. The van der Waals surface area contributed by atoms with Crippen LogP contribution in [0.15, 0.2) is 18.2 Å². The van der Waals surface area contributed by atoms with Crippen LogP contribution in [0.5, 0.6) is 5.75 Å². The third kappa shape index (κ3) is 2.65. The Kier molecular flexibility index (Phi) is 3.29. The smallest absolute Gasteiger partial charge is 0.263 e. The van der Waals surface area contributed by atoms with E-state index in [9.17, 15) is 13.9 Å². The number of aliphatic hydroxyl groups is 1. The fraction of sp³-hybridized carbons (Fsp3) is 0.455. The van der Waals surface area contributed by atoms with Crippen molar-refractivity contribution in [2.45, 2.75) is 25.9 Å². The summed E-state index contributed by atoms with van der Waals surface area (Å²) in [5.41, 5.74) is -0.952. The van der Waals surface area contributed by atoms with Gasteiger partial charge >= 0.3 is 0 Å². The molecular weight excluding hydrogens is 202 g/mol. The van der Waals surface area contributed by atoms with Crippen molar-refractivity contribution in [2.75, 3.05) is 7.11 Å². The molecule has 0 bridgehead atoms. The zero-order chi connectivity index (χ0) is 11.6. The molecule has 0 fully saturated rings. The molecule has 0 atom stereocenters. The molecule has 15 heavy (non-hydrogen) atoms. The van der Waals surface area contributed by atoms with Gasteiger partial charge in [-0.3, -0.25) is 0 Å². The van der Waals surface area contributed by atoms with Crippen LogP contribution in [0, 0.1) is 0 Å². The van der Waals surface area contributed by atoms with E-state index in [1.165, 1.54) is 39.2 Å². The van der Waals surface area contributed by atoms with Gasteiger partial charge in [0.2, 0.25) is 0 Å². The lowest BCUT2D eigenvalue weighted by atomic mass is 9.95. The Bertz CT molecular complexity index is 343. The normalized spacial score (nSPS) is 11.9. The van der Waals surface area contributed by atoms with E-state index >= 15 is 0 Å². The largest absolute Gasteiger partial charge is 0.496 e. The highest BCUT2D eigenvalue weighted by atomic mass is 19.3. The maximum absolute atomic E-state index is 12.4. The number of alkyl halides is 2. The fourth-order valence-corrected chi connectivity index (χ4v) is 1.34. The summed E-state index contributed by atoms with van der Waals surface area (Å²) in [6.07, 6.45) is -2.54. The Balaban J connectivity index is 3.26. The van der Waals surface area contributed by atoms with Crippen LogP contribution in [0.4, 0.5) is 8.78 Å². The van der Waals surface area contributed by atoms with Crippen LogP contribution in [-0.4, -0.2) is 12.2 Å². The second kappa shape index (κ2) is 4.14. The Labute approximate surface area is 87.5 Å². The zero-order valence-corrected chi connectivity index (χ0v) is 8.92. The number of hydrogen-bond acceptors (Lipinski definition) is 2. The molecule has 1 rings (SSSR count). The van der Waals surface area contributed by atoms with Gasteiger partial charge in [0.25, 0.3) is 6.43 Å². The van der Waals surface area contributed by atoms with E-state index in [1.807, 2.05) is 0 Å². The molecule has 0 aliphatic rings. The second-order valence-electron chi connectivity index (χ2n) is 3.82. The molecule has 84 valence electrons. The SMILES string of the molecule is COc1ccc(C(F)F)cc1C(C)(C)O. The van der Waals surface area contributed by atoms with E-state index in [-0.39, 0.29) is 5.56 Å². The first-order valence-corrected chi connectivity index (χ1v) is 4.55. The lowest BCUT2D eigenvalue weighted by molar-refractivity contribution is 0.0750. The monoisotopic (exact) mass is 216 g/mol. The second-order valence-corrected chi connectivity index (χ2v) is 3.82. The number of ether oxygens (including phenoxy) is 1. The summed E-state index contributed by atoms with van der Waals surface area (Å²) in [4.78, 5) is 0. The van der Waals surface area contributed by atoms with Gasteiger partial charge in [-0.25, -0.2) is 8.78 Å². The average molecular weight is 216 g/mol. The molecule has 1 aromatic carbocycles. The van der Waals surface area contributed by atoms with Crippen LogP contribution in [0.2, 0.25) is 0 Å². The molecule has 0 spiro atoms. The summed E-state index contributed by atoms with van der Waals surface area (Å²) >= 11 is 0. The van der Waals surface area contributed by atoms with Crippen molar-refractivity contribution in [3.8, 4) is 5.75 Å². The molecule has 1 aromatic rings. The zero-order valence-electron chi connectivity index (χ0n) is 8.92. The van der Waals surface area contributed by atoms with E-state index in [0.29, 0.717) is 11.3 Å². The van der Waals surface area contributed by atoms with Gasteiger partial charge in [-0.05, 0) is 32.0 Å². The molecule has 0 aliphatic heterocycles. The molecule has 4 heteroatoms. The van der Waals surface area contributed by atoms with Crippen LogP contribution in [0.1, 0.15) is 31.4 Å². The molecular formula is C11H14F2O2. The minimum atomic E-state index is -2.54. The lowest BCUT2D eigenvalue weighted by Crippen LogP contribution is -2.17. The summed E-state index contributed by atoms with van der Waals surface area (Å²) in [5, 5.41) is 9.78. The van der Waals surface area contributed by atoms with Gasteiger partial charge < -0.3 is 9.84 Å². The fourth-order valence-electron chi connectivity index (χ4n) is 1.34. The standard InChI is InChI=1S/C11H14F2O2/c1-11(2,14)8-6-7(10(12)13)4-5-9(8)15-3/h4-6,10,14H,1-3H3. The van der Waals surface area contributed by atoms with E-state index in [0.717, 1.165) is 0 Å². The van der Waals surface area contributed by atoms with E-state index in [4.69, 9.17) is 4.74 Å². The number of benzene rings is 1. The highest BCUT2D eigenvalue weighted by Crippen LogP contribution is 2.32. The van der Waals surface area contributed by atoms with Crippen molar-refractivity contribution < 1.29 is 18.6 Å². The quantitative estimate of drug-likeness (QED) is 0.841. The Hall–Kier alpha value is -1.16. The molecule has 0 unspecified atom stereocenters. The number of methoxy groups -OCH3 is 1. The predicted octanol–water partition coefficient (Wildman–Crippen LogP) is 2.86. The van der Waals surface area contributed by atoms with Gasteiger partial charge in [0.15, 0.2) is 0 Å².